The number of piperazine rings is 1. The second-order valence-corrected chi connectivity index (χ2v) is 7.96. The van der Waals surface area contributed by atoms with Gasteiger partial charge in [0.05, 0.1) is 12.6 Å². The van der Waals surface area contributed by atoms with Gasteiger partial charge in [0.25, 0.3) is 0 Å². The van der Waals surface area contributed by atoms with Crippen LogP contribution in [0.3, 0.4) is 0 Å². The van der Waals surface area contributed by atoms with Gasteiger partial charge in [0.15, 0.2) is 5.82 Å². The first-order valence-electron chi connectivity index (χ1n) is 11.4. The minimum Gasteiger partial charge on any atom is -0.465 e. The number of ether oxygens (including phenoxy) is 1. The van der Waals surface area contributed by atoms with E-state index in [0.29, 0.717) is 12.4 Å². The van der Waals surface area contributed by atoms with Crippen LogP contribution < -0.4 is 0 Å². The van der Waals surface area contributed by atoms with Crippen molar-refractivity contribution in [2.75, 3.05) is 39.3 Å². The monoisotopic (exact) mass is 446 g/mol. The average molecular weight is 447 g/mol. The molecule has 8 heteroatoms. The van der Waals surface area contributed by atoms with E-state index < -0.39 is 0 Å². The Kier molecular flexibility index (Phi) is 7.94. The molecule has 1 atom stereocenters. The number of hydrogen-bond acceptors (Lipinski definition) is 7. The summed E-state index contributed by atoms with van der Waals surface area (Å²) in [5, 5.41) is 12.3. The molecule has 0 N–H and O–H groups in total. The lowest BCUT2D eigenvalue weighted by atomic mass is 10.0. The van der Waals surface area contributed by atoms with Crippen LogP contribution >= 0.6 is 0 Å². The number of carbonyl (C=O) groups excluding carboxylic acids is 1. The number of hydrogen-bond donors (Lipinski definition) is 0. The van der Waals surface area contributed by atoms with Gasteiger partial charge in [-0.2, -0.15) is 0 Å². The van der Waals surface area contributed by atoms with E-state index >= 15 is 0 Å². The van der Waals surface area contributed by atoms with Crippen molar-refractivity contribution in [3.8, 4) is 0 Å². The third kappa shape index (κ3) is 6.12. The summed E-state index contributed by atoms with van der Waals surface area (Å²) in [7, 11) is 0. The van der Waals surface area contributed by atoms with Gasteiger partial charge < -0.3 is 4.74 Å². The van der Waals surface area contributed by atoms with E-state index in [1.165, 1.54) is 5.56 Å². The molecule has 1 aliphatic heterocycles. The summed E-state index contributed by atoms with van der Waals surface area (Å²) in [6.07, 6.45) is 4.39. The fourth-order valence-electron chi connectivity index (χ4n) is 4.11. The smallest absolute Gasteiger partial charge is 0.327 e. The fraction of sp³-hybridized carbons (Fsp3) is 0.360. The van der Waals surface area contributed by atoms with Crippen molar-refractivity contribution >= 4 is 12.0 Å². The molecule has 0 aliphatic carbocycles. The topological polar surface area (TPSA) is 76.4 Å². The average Bonchev–Trinajstić information content (AvgIpc) is 3.29. The predicted molar refractivity (Wildman–Crippen MR) is 126 cm³/mol. The predicted octanol–water partition coefficient (Wildman–Crippen LogP) is 2.66. The molecule has 0 spiro atoms. The maximum atomic E-state index is 12.1. The van der Waals surface area contributed by atoms with Crippen LogP contribution in [0.15, 0.2) is 66.7 Å². The van der Waals surface area contributed by atoms with E-state index in [2.05, 4.69) is 73.9 Å². The molecule has 1 fully saturated rings. The van der Waals surface area contributed by atoms with Crippen LogP contribution in [0.4, 0.5) is 0 Å². The zero-order valence-corrected chi connectivity index (χ0v) is 19.0. The molecule has 172 valence electrons. The number of benzene rings is 2. The minimum absolute atomic E-state index is 0.00372. The van der Waals surface area contributed by atoms with Gasteiger partial charge in [-0.25, -0.2) is 4.68 Å². The quantitative estimate of drug-likeness (QED) is 0.468. The van der Waals surface area contributed by atoms with Crippen LogP contribution in [-0.4, -0.2) is 75.3 Å². The van der Waals surface area contributed by atoms with Crippen LogP contribution in [0.1, 0.15) is 29.9 Å². The van der Waals surface area contributed by atoms with Gasteiger partial charge in [0, 0.05) is 32.7 Å². The van der Waals surface area contributed by atoms with Crippen molar-refractivity contribution in [3.63, 3.8) is 0 Å². The third-order valence-electron chi connectivity index (χ3n) is 5.75. The molecule has 0 radical (unpaired) electrons. The first-order chi connectivity index (χ1) is 16.2. The first-order valence-corrected chi connectivity index (χ1v) is 11.4. The second-order valence-electron chi connectivity index (χ2n) is 7.96. The van der Waals surface area contributed by atoms with E-state index in [9.17, 15) is 4.79 Å². The van der Waals surface area contributed by atoms with E-state index in [4.69, 9.17) is 4.74 Å². The van der Waals surface area contributed by atoms with Crippen LogP contribution in [-0.2, 0) is 16.1 Å². The molecule has 0 saturated carbocycles. The summed E-state index contributed by atoms with van der Waals surface area (Å²) in [5.41, 5.74) is 2.32. The van der Waals surface area contributed by atoms with Crippen LogP contribution in [0.25, 0.3) is 6.08 Å². The van der Waals surface area contributed by atoms with Gasteiger partial charge in [-0.15, -0.1) is 5.10 Å². The summed E-state index contributed by atoms with van der Waals surface area (Å²) >= 11 is 0. The van der Waals surface area contributed by atoms with E-state index in [-0.39, 0.29) is 18.6 Å². The molecule has 8 nitrogen and oxygen atoms in total. The number of rotatable bonds is 9. The molecule has 2 heterocycles. The van der Waals surface area contributed by atoms with Crippen LogP contribution in [0.5, 0.6) is 0 Å². The van der Waals surface area contributed by atoms with Crippen LogP contribution in [0.2, 0.25) is 0 Å². The molecule has 1 saturated heterocycles. The Bertz CT molecular complexity index is 1030. The third-order valence-corrected chi connectivity index (χ3v) is 5.75. The number of nitrogens with zero attached hydrogens (tertiary/aromatic N) is 6. The maximum absolute atomic E-state index is 12.1. The lowest BCUT2D eigenvalue weighted by Gasteiger charge is -2.38. The highest BCUT2D eigenvalue weighted by atomic mass is 16.5. The van der Waals surface area contributed by atoms with Gasteiger partial charge in [-0.05, 0) is 28.5 Å². The first kappa shape index (κ1) is 22.8. The maximum Gasteiger partial charge on any atom is 0.327 e. The lowest BCUT2D eigenvalue weighted by Crippen LogP contribution is -2.48. The molecule has 1 aromatic heterocycles. The van der Waals surface area contributed by atoms with Crippen molar-refractivity contribution in [1.29, 1.82) is 0 Å². The molecule has 2 aromatic carbocycles. The zero-order chi connectivity index (χ0) is 22.9. The lowest BCUT2D eigenvalue weighted by molar-refractivity contribution is -0.144. The summed E-state index contributed by atoms with van der Waals surface area (Å²) in [6.45, 7) is 6.70. The fourth-order valence-corrected chi connectivity index (χ4v) is 4.11. The summed E-state index contributed by atoms with van der Waals surface area (Å²) in [5.74, 6) is 0.319. The summed E-state index contributed by atoms with van der Waals surface area (Å²) < 4.78 is 6.66. The molecule has 0 amide bonds. The van der Waals surface area contributed by atoms with Gasteiger partial charge in [0.1, 0.15) is 6.54 Å². The summed E-state index contributed by atoms with van der Waals surface area (Å²) in [6, 6.07) is 20.4. The van der Waals surface area contributed by atoms with Crippen LogP contribution in [0, 0.1) is 0 Å². The van der Waals surface area contributed by atoms with E-state index in [0.717, 1.165) is 38.3 Å². The standard InChI is InChI=1S/C25H30N6O2/c1-2-33-23(32)20-31-25(26-27-28-31)24(22-13-7-4-8-14-22)30-18-16-29(17-19-30)15-9-12-21-10-5-3-6-11-21/h3-14,24H,2,15-20H2,1H3/t24-/m1/s1. The number of esters is 1. The number of tetrazole rings is 1. The molecule has 0 bridgehead atoms. The van der Waals surface area contributed by atoms with Crippen molar-refractivity contribution < 1.29 is 9.53 Å². The highest BCUT2D eigenvalue weighted by molar-refractivity contribution is 5.69. The SMILES string of the molecule is CCOC(=O)Cn1nnnc1[C@@H](c1ccccc1)N1CCN(CC=Cc2ccccc2)CC1. The Hall–Kier alpha value is -3.36. The Labute approximate surface area is 194 Å². The zero-order valence-electron chi connectivity index (χ0n) is 19.0. The number of carbonyl (C=O) groups is 1. The van der Waals surface area contributed by atoms with Crippen molar-refractivity contribution in [1.82, 2.24) is 30.0 Å². The normalized spacial score (nSPS) is 16.2. The highest BCUT2D eigenvalue weighted by Crippen LogP contribution is 2.28. The Morgan fingerprint density at radius 1 is 1.03 bits per heavy atom. The number of aromatic nitrogens is 4. The molecule has 1 aliphatic rings. The van der Waals surface area contributed by atoms with E-state index in [1.807, 2.05) is 24.3 Å². The highest BCUT2D eigenvalue weighted by Gasteiger charge is 2.30. The van der Waals surface area contributed by atoms with Gasteiger partial charge in [-0.1, -0.05) is 72.8 Å². The van der Waals surface area contributed by atoms with Crippen molar-refractivity contribution in [3.05, 3.63) is 83.7 Å². The van der Waals surface area contributed by atoms with Gasteiger partial charge >= 0.3 is 5.97 Å². The molecule has 4 rings (SSSR count). The van der Waals surface area contributed by atoms with Gasteiger partial charge in [0.2, 0.25) is 0 Å². The molecule has 3 aromatic rings. The molecule has 0 unspecified atom stereocenters. The van der Waals surface area contributed by atoms with Crippen molar-refractivity contribution in [2.45, 2.75) is 19.5 Å². The Morgan fingerprint density at radius 3 is 2.42 bits per heavy atom. The molecule has 33 heavy (non-hydrogen) atoms. The largest absolute Gasteiger partial charge is 0.465 e. The van der Waals surface area contributed by atoms with Gasteiger partial charge in [-0.3, -0.25) is 14.6 Å². The molecular formula is C25H30N6O2. The molecular weight excluding hydrogens is 416 g/mol. The second kappa shape index (κ2) is 11.5. The minimum atomic E-state index is -0.340. The van der Waals surface area contributed by atoms with Crippen molar-refractivity contribution in [2.24, 2.45) is 0 Å². The Balaban J connectivity index is 1.45. The Morgan fingerprint density at radius 2 is 1.73 bits per heavy atom. The summed E-state index contributed by atoms with van der Waals surface area (Å²) in [4.78, 5) is 16.9. The van der Waals surface area contributed by atoms with E-state index in [1.54, 1.807) is 11.6 Å².